The fourth-order valence-electron chi connectivity index (χ4n) is 2.10. The second-order valence-corrected chi connectivity index (χ2v) is 4.95. The van der Waals surface area contributed by atoms with Gasteiger partial charge in [0.1, 0.15) is 11.5 Å². The van der Waals surface area contributed by atoms with Crippen LogP contribution in [0.4, 0.5) is 30.5 Å². The number of nitrogens with zero attached hydrogens (tertiary/aromatic N) is 4. The fraction of sp³-hybridized carbons (Fsp3) is 0.385. The molecule has 0 aliphatic heterocycles. The van der Waals surface area contributed by atoms with E-state index >= 15 is 0 Å². The molecule has 2 heterocycles. The largest absolute Gasteiger partial charge is 0.417 e. The highest BCUT2D eigenvalue weighted by atomic mass is 19.4. The fourth-order valence-corrected chi connectivity index (χ4v) is 2.10. The summed E-state index contributed by atoms with van der Waals surface area (Å²) in [6.07, 6.45) is -3.69. The minimum absolute atomic E-state index is 0.106. The highest BCUT2D eigenvalue weighted by molar-refractivity contribution is 5.59. The number of rotatable bonds is 6. The molecule has 8 nitrogen and oxygen atoms in total. The molecule has 2 N–H and O–H groups in total. The molecule has 0 aliphatic carbocycles. The molecule has 0 saturated heterocycles. The zero-order valence-electron chi connectivity index (χ0n) is 12.9. The predicted octanol–water partition coefficient (Wildman–Crippen LogP) is 2.57. The molecule has 0 radical (unpaired) electrons. The molecule has 0 bridgehead atoms. The van der Waals surface area contributed by atoms with Gasteiger partial charge in [-0.15, -0.1) is 0 Å². The van der Waals surface area contributed by atoms with E-state index in [9.17, 15) is 23.3 Å². The summed E-state index contributed by atoms with van der Waals surface area (Å²) >= 11 is 0. The summed E-state index contributed by atoms with van der Waals surface area (Å²) in [4.78, 5) is 14.2. The average molecular weight is 344 g/mol. The highest BCUT2D eigenvalue weighted by Gasteiger charge is 2.30. The van der Waals surface area contributed by atoms with E-state index < -0.39 is 16.7 Å². The molecule has 2 rings (SSSR count). The van der Waals surface area contributed by atoms with E-state index in [0.717, 1.165) is 12.3 Å². The number of anilines is 2. The van der Waals surface area contributed by atoms with Crippen LogP contribution in [0.3, 0.4) is 0 Å². The lowest BCUT2D eigenvalue weighted by atomic mass is 10.3. The molecule has 0 unspecified atom stereocenters. The van der Waals surface area contributed by atoms with Crippen LogP contribution in [0, 0.1) is 17.0 Å². The Labute approximate surface area is 134 Å². The number of nitrogens with one attached hydrogen (secondary N) is 2. The van der Waals surface area contributed by atoms with Crippen molar-refractivity contribution in [3.63, 3.8) is 0 Å². The highest BCUT2D eigenvalue weighted by Crippen LogP contribution is 2.29. The molecule has 0 spiro atoms. The maximum atomic E-state index is 12.4. The summed E-state index contributed by atoms with van der Waals surface area (Å²) in [5, 5.41) is 20.7. The molecule has 0 saturated carbocycles. The van der Waals surface area contributed by atoms with Crippen LogP contribution < -0.4 is 10.6 Å². The van der Waals surface area contributed by atoms with E-state index in [0.29, 0.717) is 18.8 Å². The quantitative estimate of drug-likeness (QED) is 0.475. The van der Waals surface area contributed by atoms with Gasteiger partial charge in [-0.2, -0.15) is 18.3 Å². The molecular formula is C13H15F3N6O2. The summed E-state index contributed by atoms with van der Waals surface area (Å²) in [5.74, 6) is 0.542. The van der Waals surface area contributed by atoms with Gasteiger partial charge in [-0.05, 0) is 19.1 Å². The van der Waals surface area contributed by atoms with Gasteiger partial charge in [0.15, 0.2) is 0 Å². The molecular weight excluding hydrogens is 329 g/mol. The lowest BCUT2D eigenvalue weighted by Gasteiger charge is -2.09. The molecule has 11 heteroatoms. The monoisotopic (exact) mass is 344 g/mol. The number of aryl methyl sites for hydroxylation is 2. The molecule has 24 heavy (non-hydrogen) atoms. The van der Waals surface area contributed by atoms with E-state index in [1.165, 1.54) is 17.7 Å². The Kier molecular flexibility index (Phi) is 4.90. The molecule has 0 aromatic carbocycles. The molecule has 0 fully saturated rings. The van der Waals surface area contributed by atoms with Gasteiger partial charge in [0.2, 0.25) is 5.82 Å². The van der Waals surface area contributed by atoms with Gasteiger partial charge in [-0.3, -0.25) is 10.1 Å². The predicted molar refractivity (Wildman–Crippen MR) is 80.8 cm³/mol. The van der Waals surface area contributed by atoms with Crippen molar-refractivity contribution < 1.29 is 18.1 Å². The molecule has 2 aromatic rings. The first-order valence-corrected chi connectivity index (χ1v) is 6.89. The summed E-state index contributed by atoms with van der Waals surface area (Å²) < 4.78 is 38.6. The Morgan fingerprint density at radius 1 is 1.29 bits per heavy atom. The molecule has 2 aromatic heterocycles. The topological polar surface area (TPSA) is 97.9 Å². The van der Waals surface area contributed by atoms with Gasteiger partial charge in [0.25, 0.3) is 0 Å². The molecule has 0 aliphatic rings. The third-order valence-corrected chi connectivity index (χ3v) is 3.19. The van der Waals surface area contributed by atoms with Gasteiger partial charge in [-0.25, -0.2) is 9.67 Å². The maximum absolute atomic E-state index is 12.4. The first-order chi connectivity index (χ1) is 11.2. The zero-order chi connectivity index (χ0) is 17.9. The van der Waals surface area contributed by atoms with E-state index in [-0.39, 0.29) is 17.3 Å². The molecule has 130 valence electrons. The van der Waals surface area contributed by atoms with Crippen molar-refractivity contribution in [3.05, 3.63) is 39.7 Å². The van der Waals surface area contributed by atoms with Crippen LogP contribution in [-0.2, 0) is 13.2 Å². The van der Waals surface area contributed by atoms with Crippen molar-refractivity contribution in [2.75, 3.05) is 23.7 Å². The standard InChI is InChI=1S/C13H15F3N6O2/c1-8-11(22(23)24)12(21(2)20-8)18-6-5-17-10-4-3-9(7-19-10)13(14,15)16/h3-4,7,18H,5-6H2,1-2H3,(H,17,19). The lowest BCUT2D eigenvalue weighted by molar-refractivity contribution is -0.384. The van der Waals surface area contributed by atoms with Crippen LogP contribution in [0.1, 0.15) is 11.3 Å². The number of halogens is 3. The Morgan fingerprint density at radius 2 is 1.96 bits per heavy atom. The van der Waals surface area contributed by atoms with Gasteiger partial charge in [-0.1, -0.05) is 0 Å². The van der Waals surface area contributed by atoms with Gasteiger partial charge in [0.05, 0.1) is 10.5 Å². The first kappa shape index (κ1) is 17.5. The third kappa shape index (κ3) is 3.91. The number of nitro groups is 1. The zero-order valence-corrected chi connectivity index (χ0v) is 12.9. The number of pyridine rings is 1. The lowest BCUT2D eigenvalue weighted by Crippen LogP contribution is -2.16. The van der Waals surface area contributed by atoms with Crippen LogP contribution in [0.5, 0.6) is 0 Å². The number of hydrogen-bond donors (Lipinski definition) is 2. The maximum Gasteiger partial charge on any atom is 0.417 e. The summed E-state index contributed by atoms with van der Waals surface area (Å²) in [6.45, 7) is 2.13. The number of aromatic nitrogens is 3. The van der Waals surface area contributed by atoms with Crippen molar-refractivity contribution in [2.45, 2.75) is 13.1 Å². The second-order valence-electron chi connectivity index (χ2n) is 4.95. The van der Waals surface area contributed by atoms with Crippen molar-refractivity contribution >= 4 is 17.3 Å². The average Bonchev–Trinajstić information content (AvgIpc) is 2.77. The van der Waals surface area contributed by atoms with Gasteiger partial charge >= 0.3 is 11.9 Å². The van der Waals surface area contributed by atoms with Gasteiger partial charge < -0.3 is 10.6 Å². The van der Waals surface area contributed by atoms with E-state index in [4.69, 9.17) is 0 Å². The first-order valence-electron chi connectivity index (χ1n) is 6.89. The van der Waals surface area contributed by atoms with E-state index in [2.05, 4.69) is 20.7 Å². The van der Waals surface area contributed by atoms with E-state index in [1.807, 2.05) is 0 Å². The number of hydrogen-bond acceptors (Lipinski definition) is 6. The normalized spacial score (nSPS) is 11.4. The Bertz CT molecular complexity index is 727. The minimum Gasteiger partial charge on any atom is -0.368 e. The number of alkyl halides is 3. The smallest absolute Gasteiger partial charge is 0.368 e. The van der Waals surface area contributed by atoms with Gasteiger partial charge in [0, 0.05) is 26.3 Å². The van der Waals surface area contributed by atoms with Crippen LogP contribution in [0.15, 0.2) is 18.3 Å². The Morgan fingerprint density at radius 3 is 2.50 bits per heavy atom. The second kappa shape index (κ2) is 6.72. The van der Waals surface area contributed by atoms with Crippen LogP contribution >= 0.6 is 0 Å². The molecule has 0 atom stereocenters. The van der Waals surface area contributed by atoms with E-state index in [1.54, 1.807) is 7.05 Å². The summed E-state index contributed by atoms with van der Waals surface area (Å²) in [7, 11) is 1.58. The van der Waals surface area contributed by atoms with Crippen molar-refractivity contribution in [1.82, 2.24) is 14.8 Å². The van der Waals surface area contributed by atoms with Crippen molar-refractivity contribution in [2.24, 2.45) is 7.05 Å². The van der Waals surface area contributed by atoms with Crippen LogP contribution in [0.25, 0.3) is 0 Å². The molecule has 0 amide bonds. The van der Waals surface area contributed by atoms with Crippen molar-refractivity contribution in [1.29, 1.82) is 0 Å². The summed E-state index contributed by atoms with van der Waals surface area (Å²) in [5.41, 5.74) is -0.639. The Balaban J connectivity index is 1.91. The van der Waals surface area contributed by atoms with Crippen molar-refractivity contribution in [3.8, 4) is 0 Å². The minimum atomic E-state index is -4.43. The van der Waals surface area contributed by atoms with Crippen LogP contribution in [-0.4, -0.2) is 32.8 Å². The summed E-state index contributed by atoms with van der Waals surface area (Å²) in [6, 6.07) is 2.15. The Hall–Kier alpha value is -2.85. The van der Waals surface area contributed by atoms with Crippen LogP contribution in [0.2, 0.25) is 0 Å². The SMILES string of the molecule is Cc1nn(C)c(NCCNc2ccc(C(F)(F)F)cn2)c1[N+](=O)[O-]. The third-order valence-electron chi connectivity index (χ3n) is 3.19.